The molecule has 1 N–H and O–H groups in total. The van der Waals surface area contributed by atoms with E-state index in [2.05, 4.69) is 52.2 Å². The maximum absolute atomic E-state index is 4.76. The Kier molecular flexibility index (Phi) is 5.48. The fourth-order valence-electron chi connectivity index (χ4n) is 3.60. The van der Waals surface area contributed by atoms with Crippen LogP contribution in [-0.4, -0.2) is 11.0 Å². The Morgan fingerprint density at radius 3 is 2.24 bits per heavy atom. The lowest BCUT2D eigenvalue weighted by Crippen LogP contribution is -2.36. The molecule has 1 aromatic rings. The SMILES string of the molecule is Cc1csc(C(NC(C)C)C2CCC(C(C)(C)C)CC2)n1. The molecule has 1 unspecified atom stereocenters. The van der Waals surface area contributed by atoms with E-state index in [0.29, 0.717) is 17.5 Å². The summed E-state index contributed by atoms with van der Waals surface area (Å²) in [6.45, 7) is 13.8. The Labute approximate surface area is 134 Å². The molecule has 2 nitrogen and oxygen atoms in total. The highest BCUT2D eigenvalue weighted by atomic mass is 32.1. The van der Waals surface area contributed by atoms with E-state index in [9.17, 15) is 0 Å². The summed E-state index contributed by atoms with van der Waals surface area (Å²) in [5.74, 6) is 1.63. The maximum Gasteiger partial charge on any atom is 0.110 e. The molecule has 0 aromatic carbocycles. The van der Waals surface area contributed by atoms with Crippen molar-refractivity contribution in [2.24, 2.45) is 17.3 Å². The normalized spacial score (nSPS) is 25.3. The van der Waals surface area contributed by atoms with Crippen molar-refractivity contribution in [3.63, 3.8) is 0 Å². The zero-order chi connectivity index (χ0) is 15.6. The van der Waals surface area contributed by atoms with Crippen molar-refractivity contribution in [3.8, 4) is 0 Å². The van der Waals surface area contributed by atoms with E-state index in [4.69, 9.17) is 4.98 Å². The van der Waals surface area contributed by atoms with Gasteiger partial charge in [0.25, 0.3) is 0 Å². The third-order valence-electron chi connectivity index (χ3n) is 4.88. The van der Waals surface area contributed by atoms with Crippen molar-refractivity contribution < 1.29 is 0 Å². The van der Waals surface area contributed by atoms with Crippen LogP contribution in [0.3, 0.4) is 0 Å². The van der Waals surface area contributed by atoms with Crippen molar-refractivity contribution in [1.82, 2.24) is 10.3 Å². The number of aromatic nitrogens is 1. The summed E-state index contributed by atoms with van der Waals surface area (Å²) in [7, 11) is 0. The van der Waals surface area contributed by atoms with Crippen LogP contribution in [0.2, 0.25) is 0 Å². The van der Waals surface area contributed by atoms with Gasteiger partial charge in [-0.05, 0) is 49.9 Å². The van der Waals surface area contributed by atoms with Gasteiger partial charge >= 0.3 is 0 Å². The van der Waals surface area contributed by atoms with Crippen LogP contribution >= 0.6 is 11.3 Å². The number of hydrogen-bond acceptors (Lipinski definition) is 3. The largest absolute Gasteiger partial charge is 0.305 e. The van der Waals surface area contributed by atoms with E-state index in [1.54, 1.807) is 0 Å². The van der Waals surface area contributed by atoms with Crippen LogP contribution in [0.4, 0.5) is 0 Å². The van der Waals surface area contributed by atoms with Gasteiger partial charge in [0.1, 0.15) is 5.01 Å². The fourth-order valence-corrected chi connectivity index (χ4v) is 4.55. The van der Waals surface area contributed by atoms with Gasteiger partial charge in [-0.1, -0.05) is 34.6 Å². The summed E-state index contributed by atoms with van der Waals surface area (Å²) in [4.78, 5) is 4.76. The number of hydrogen-bond donors (Lipinski definition) is 1. The van der Waals surface area contributed by atoms with Gasteiger partial charge in [0, 0.05) is 17.1 Å². The van der Waals surface area contributed by atoms with Crippen molar-refractivity contribution in [2.45, 2.75) is 79.3 Å². The molecule has 1 atom stereocenters. The molecule has 0 saturated heterocycles. The molecular weight excluding hydrogens is 276 g/mol. The van der Waals surface area contributed by atoms with Crippen molar-refractivity contribution in [3.05, 3.63) is 16.1 Å². The van der Waals surface area contributed by atoms with Crippen LogP contribution in [0.1, 0.15) is 77.0 Å². The molecule has 0 spiro atoms. The third kappa shape index (κ3) is 4.53. The molecule has 1 aliphatic carbocycles. The number of rotatable bonds is 4. The molecular formula is C18H32N2S. The molecule has 1 fully saturated rings. The molecule has 0 amide bonds. The predicted molar refractivity (Wildman–Crippen MR) is 92.8 cm³/mol. The zero-order valence-electron chi connectivity index (χ0n) is 14.6. The molecule has 0 aliphatic heterocycles. The number of nitrogens with zero attached hydrogens (tertiary/aromatic N) is 1. The Bertz CT molecular complexity index is 436. The van der Waals surface area contributed by atoms with Gasteiger partial charge < -0.3 is 5.32 Å². The Balaban J connectivity index is 2.06. The zero-order valence-corrected chi connectivity index (χ0v) is 15.4. The average molecular weight is 309 g/mol. The molecule has 120 valence electrons. The summed E-state index contributed by atoms with van der Waals surface area (Å²) in [5.41, 5.74) is 1.62. The lowest BCUT2D eigenvalue weighted by atomic mass is 9.68. The van der Waals surface area contributed by atoms with Crippen LogP contribution in [0.15, 0.2) is 5.38 Å². The highest BCUT2D eigenvalue weighted by Crippen LogP contribution is 2.43. The van der Waals surface area contributed by atoms with Gasteiger partial charge in [-0.25, -0.2) is 4.98 Å². The van der Waals surface area contributed by atoms with Crippen molar-refractivity contribution in [1.29, 1.82) is 0 Å². The summed E-state index contributed by atoms with van der Waals surface area (Å²) in [5, 5.41) is 7.26. The highest BCUT2D eigenvalue weighted by Gasteiger charge is 2.34. The summed E-state index contributed by atoms with van der Waals surface area (Å²) in [6, 6.07) is 0.962. The van der Waals surface area contributed by atoms with Crippen molar-refractivity contribution >= 4 is 11.3 Å². The lowest BCUT2D eigenvalue weighted by Gasteiger charge is -2.39. The molecule has 3 heteroatoms. The van der Waals surface area contributed by atoms with Gasteiger partial charge in [-0.2, -0.15) is 0 Å². The molecule has 1 saturated carbocycles. The summed E-state index contributed by atoms with van der Waals surface area (Å²) < 4.78 is 0. The van der Waals surface area contributed by atoms with Crippen LogP contribution < -0.4 is 5.32 Å². The minimum absolute atomic E-state index is 0.449. The molecule has 1 heterocycles. The fraction of sp³-hybridized carbons (Fsp3) is 0.833. The second-order valence-corrected chi connectivity index (χ2v) is 8.99. The Morgan fingerprint density at radius 1 is 1.19 bits per heavy atom. The monoisotopic (exact) mass is 308 g/mol. The molecule has 1 aromatic heterocycles. The van der Waals surface area contributed by atoms with Crippen LogP contribution in [0.25, 0.3) is 0 Å². The molecule has 0 radical (unpaired) electrons. The predicted octanol–water partition coefficient (Wildman–Crippen LogP) is 5.34. The van der Waals surface area contributed by atoms with Gasteiger partial charge in [0.05, 0.1) is 6.04 Å². The number of aryl methyl sites for hydroxylation is 1. The van der Waals surface area contributed by atoms with E-state index >= 15 is 0 Å². The average Bonchev–Trinajstić information content (AvgIpc) is 2.81. The first-order valence-corrected chi connectivity index (χ1v) is 9.33. The minimum atomic E-state index is 0.449. The smallest absolute Gasteiger partial charge is 0.110 e. The van der Waals surface area contributed by atoms with Gasteiger partial charge in [0.15, 0.2) is 0 Å². The first-order valence-electron chi connectivity index (χ1n) is 8.45. The van der Waals surface area contributed by atoms with Crippen LogP contribution in [-0.2, 0) is 0 Å². The highest BCUT2D eigenvalue weighted by molar-refractivity contribution is 7.09. The van der Waals surface area contributed by atoms with Gasteiger partial charge in [0.2, 0.25) is 0 Å². The van der Waals surface area contributed by atoms with E-state index in [0.717, 1.165) is 17.5 Å². The first-order chi connectivity index (χ1) is 9.77. The van der Waals surface area contributed by atoms with Gasteiger partial charge in [-0.15, -0.1) is 11.3 Å². The topological polar surface area (TPSA) is 24.9 Å². The van der Waals surface area contributed by atoms with Crippen LogP contribution in [0, 0.1) is 24.2 Å². The summed E-state index contributed by atoms with van der Waals surface area (Å²) in [6.07, 6.45) is 5.42. The Morgan fingerprint density at radius 2 is 1.81 bits per heavy atom. The Hall–Kier alpha value is -0.410. The van der Waals surface area contributed by atoms with E-state index in [-0.39, 0.29) is 0 Å². The van der Waals surface area contributed by atoms with Crippen LogP contribution in [0.5, 0.6) is 0 Å². The first kappa shape index (κ1) is 17.0. The molecule has 21 heavy (non-hydrogen) atoms. The molecule has 2 rings (SSSR count). The molecule has 0 bridgehead atoms. The lowest BCUT2D eigenvalue weighted by molar-refractivity contribution is 0.130. The summed E-state index contributed by atoms with van der Waals surface area (Å²) >= 11 is 1.83. The maximum atomic E-state index is 4.76. The molecule has 1 aliphatic rings. The van der Waals surface area contributed by atoms with Gasteiger partial charge in [-0.3, -0.25) is 0 Å². The third-order valence-corrected chi connectivity index (χ3v) is 5.93. The quantitative estimate of drug-likeness (QED) is 0.811. The second-order valence-electron chi connectivity index (χ2n) is 8.10. The second kappa shape index (κ2) is 6.78. The number of thiazole rings is 1. The van der Waals surface area contributed by atoms with Crippen molar-refractivity contribution in [2.75, 3.05) is 0 Å². The standard InChI is InChI=1S/C18H32N2S/c1-12(2)19-16(17-20-13(3)11-21-17)14-7-9-15(10-8-14)18(4,5)6/h11-12,14-16,19H,7-10H2,1-6H3. The number of nitrogens with one attached hydrogen (secondary N) is 1. The van der Waals surface area contributed by atoms with E-state index in [1.165, 1.54) is 30.7 Å². The van der Waals surface area contributed by atoms with E-state index in [1.807, 2.05) is 11.3 Å². The minimum Gasteiger partial charge on any atom is -0.305 e. The van der Waals surface area contributed by atoms with E-state index < -0.39 is 0 Å².